The lowest BCUT2D eigenvalue weighted by Crippen LogP contribution is -2.39. The van der Waals surface area contributed by atoms with Gasteiger partial charge in [0.2, 0.25) is 5.91 Å². The first-order valence-electron chi connectivity index (χ1n) is 10.4. The molecule has 1 amide bonds. The number of amides is 1. The van der Waals surface area contributed by atoms with Gasteiger partial charge in [-0.1, -0.05) is 26.0 Å². The van der Waals surface area contributed by atoms with E-state index >= 15 is 0 Å². The summed E-state index contributed by atoms with van der Waals surface area (Å²) in [6.07, 6.45) is 4.83. The second-order valence-electron chi connectivity index (χ2n) is 8.41. The lowest BCUT2D eigenvalue weighted by molar-refractivity contribution is -0.121. The van der Waals surface area contributed by atoms with Crippen LogP contribution in [0.2, 0.25) is 0 Å². The molecule has 6 heteroatoms. The third-order valence-electron chi connectivity index (χ3n) is 5.54. The number of nitrogens with zero attached hydrogens (tertiary/aromatic N) is 3. The molecule has 152 valence electrons. The van der Waals surface area contributed by atoms with E-state index in [2.05, 4.69) is 29.0 Å². The van der Waals surface area contributed by atoms with Gasteiger partial charge in [0.05, 0.1) is 17.2 Å². The van der Waals surface area contributed by atoms with Crippen molar-refractivity contribution in [2.45, 2.75) is 46.6 Å². The molecule has 2 heterocycles. The smallest absolute Gasteiger partial charge is 0.261 e. The molecule has 1 fully saturated rings. The van der Waals surface area contributed by atoms with Crippen molar-refractivity contribution in [3.05, 3.63) is 40.4 Å². The summed E-state index contributed by atoms with van der Waals surface area (Å²) in [5.74, 6) is 1.42. The number of piperidine rings is 1. The molecular weight excluding hydrogens is 352 g/mol. The predicted molar refractivity (Wildman–Crippen MR) is 112 cm³/mol. The van der Waals surface area contributed by atoms with Gasteiger partial charge in [0.1, 0.15) is 6.54 Å². The fraction of sp³-hybridized carbons (Fsp3) is 0.591. The molecule has 1 aromatic heterocycles. The van der Waals surface area contributed by atoms with Crippen LogP contribution in [0.5, 0.6) is 0 Å². The van der Waals surface area contributed by atoms with Gasteiger partial charge < -0.3 is 10.2 Å². The van der Waals surface area contributed by atoms with Crippen molar-refractivity contribution in [2.24, 2.45) is 11.8 Å². The van der Waals surface area contributed by atoms with Crippen LogP contribution in [0, 0.1) is 18.8 Å². The number of nitrogens with one attached hydrogen (secondary N) is 1. The van der Waals surface area contributed by atoms with Crippen molar-refractivity contribution in [2.75, 3.05) is 26.2 Å². The topological polar surface area (TPSA) is 67.2 Å². The SMILES string of the molecule is Cc1cccc2c(=O)n(CC(=O)NCCCCN3C[C@H](C)C[C@H](C)C3)cnc12. The maximum absolute atomic E-state index is 12.6. The highest BCUT2D eigenvalue weighted by atomic mass is 16.2. The normalized spacial score (nSPS) is 20.4. The maximum Gasteiger partial charge on any atom is 0.261 e. The molecule has 3 rings (SSSR count). The fourth-order valence-electron chi connectivity index (χ4n) is 4.32. The average molecular weight is 385 g/mol. The molecule has 1 saturated heterocycles. The zero-order valence-corrected chi connectivity index (χ0v) is 17.3. The van der Waals surface area contributed by atoms with E-state index in [1.807, 2.05) is 19.1 Å². The molecule has 1 N–H and O–H groups in total. The van der Waals surface area contributed by atoms with Crippen LogP contribution in [0.1, 0.15) is 38.7 Å². The van der Waals surface area contributed by atoms with Gasteiger partial charge in [-0.05, 0) is 56.2 Å². The Kier molecular flexibility index (Phi) is 6.83. The Morgan fingerprint density at radius 2 is 1.96 bits per heavy atom. The minimum Gasteiger partial charge on any atom is -0.355 e. The van der Waals surface area contributed by atoms with Crippen molar-refractivity contribution in [1.82, 2.24) is 19.8 Å². The van der Waals surface area contributed by atoms with E-state index in [0.29, 0.717) is 17.4 Å². The number of hydrogen-bond acceptors (Lipinski definition) is 4. The summed E-state index contributed by atoms with van der Waals surface area (Å²) in [7, 11) is 0. The molecule has 0 unspecified atom stereocenters. The summed E-state index contributed by atoms with van der Waals surface area (Å²) in [6.45, 7) is 10.7. The molecule has 28 heavy (non-hydrogen) atoms. The van der Waals surface area contributed by atoms with Gasteiger partial charge in [0.15, 0.2) is 0 Å². The first kappa shape index (κ1) is 20.5. The van der Waals surface area contributed by atoms with Crippen LogP contribution in [-0.4, -0.2) is 46.5 Å². The van der Waals surface area contributed by atoms with Gasteiger partial charge in [-0.3, -0.25) is 14.2 Å². The number of aryl methyl sites for hydroxylation is 1. The molecule has 2 atom stereocenters. The highest BCUT2D eigenvalue weighted by Gasteiger charge is 2.20. The Balaban J connectivity index is 1.43. The number of fused-ring (bicyclic) bond motifs is 1. The van der Waals surface area contributed by atoms with Gasteiger partial charge in [0, 0.05) is 19.6 Å². The lowest BCUT2D eigenvalue weighted by atomic mass is 9.92. The molecule has 1 aromatic carbocycles. The van der Waals surface area contributed by atoms with Crippen LogP contribution in [0.25, 0.3) is 10.9 Å². The van der Waals surface area contributed by atoms with Crippen molar-refractivity contribution >= 4 is 16.8 Å². The second kappa shape index (κ2) is 9.32. The number of aromatic nitrogens is 2. The van der Waals surface area contributed by atoms with E-state index in [0.717, 1.165) is 36.8 Å². The number of unbranched alkanes of at least 4 members (excludes halogenated alkanes) is 1. The van der Waals surface area contributed by atoms with Crippen molar-refractivity contribution in [1.29, 1.82) is 0 Å². The van der Waals surface area contributed by atoms with Gasteiger partial charge in [0.25, 0.3) is 5.56 Å². The number of hydrogen-bond donors (Lipinski definition) is 1. The quantitative estimate of drug-likeness (QED) is 0.745. The third-order valence-corrected chi connectivity index (χ3v) is 5.54. The maximum atomic E-state index is 12.6. The van der Waals surface area contributed by atoms with E-state index in [1.165, 1.54) is 30.4 Å². The summed E-state index contributed by atoms with van der Waals surface area (Å²) in [4.78, 5) is 31.7. The number of benzene rings is 1. The molecule has 2 aromatic rings. The monoisotopic (exact) mass is 384 g/mol. The standard InChI is InChI=1S/C22H32N4O2/c1-16-11-17(2)13-25(12-16)10-5-4-9-23-20(27)14-26-15-24-21-18(3)7-6-8-19(21)22(26)28/h6-8,15-17H,4-5,9-14H2,1-3H3,(H,23,27)/t16-,17+. The third kappa shape index (κ3) is 5.19. The number of carbonyl (C=O) groups excluding carboxylic acids is 1. The summed E-state index contributed by atoms with van der Waals surface area (Å²) in [6, 6.07) is 5.53. The second-order valence-corrected chi connectivity index (χ2v) is 8.41. The van der Waals surface area contributed by atoms with E-state index in [1.54, 1.807) is 6.07 Å². The van der Waals surface area contributed by atoms with Gasteiger partial charge >= 0.3 is 0 Å². The van der Waals surface area contributed by atoms with Crippen molar-refractivity contribution in [3.63, 3.8) is 0 Å². The van der Waals surface area contributed by atoms with Crippen LogP contribution >= 0.6 is 0 Å². The Bertz CT molecular complexity index is 866. The van der Waals surface area contributed by atoms with E-state index in [9.17, 15) is 9.59 Å². The Morgan fingerprint density at radius 1 is 1.21 bits per heavy atom. The number of carbonyl (C=O) groups is 1. The minimum atomic E-state index is -0.169. The van der Waals surface area contributed by atoms with Crippen molar-refractivity contribution < 1.29 is 4.79 Å². The van der Waals surface area contributed by atoms with E-state index < -0.39 is 0 Å². The molecule has 6 nitrogen and oxygen atoms in total. The van der Waals surface area contributed by atoms with Crippen LogP contribution in [0.3, 0.4) is 0 Å². The van der Waals surface area contributed by atoms with Crippen LogP contribution in [0.15, 0.2) is 29.3 Å². The predicted octanol–water partition coefficient (Wildman–Crippen LogP) is 2.58. The van der Waals surface area contributed by atoms with Gasteiger partial charge in [-0.25, -0.2) is 4.98 Å². The van der Waals surface area contributed by atoms with Crippen LogP contribution in [-0.2, 0) is 11.3 Å². The van der Waals surface area contributed by atoms with E-state index in [4.69, 9.17) is 0 Å². The van der Waals surface area contributed by atoms with Crippen LogP contribution < -0.4 is 10.9 Å². The van der Waals surface area contributed by atoms with E-state index in [-0.39, 0.29) is 18.0 Å². The molecular formula is C22H32N4O2. The fourth-order valence-corrected chi connectivity index (χ4v) is 4.32. The number of para-hydroxylation sites is 1. The van der Waals surface area contributed by atoms with Crippen LogP contribution in [0.4, 0.5) is 0 Å². The number of rotatable bonds is 7. The Morgan fingerprint density at radius 3 is 2.71 bits per heavy atom. The zero-order chi connectivity index (χ0) is 20.1. The average Bonchev–Trinajstić information content (AvgIpc) is 2.63. The Hall–Kier alpha value is -2.21. The molecule has 0 aliphatic carbocycles. The largest absolute Gasteiger partial charge is 0.355 e. The summed E-state index contributed by atoms with van der Waals surface area (Å²) >= 11 is 0. The summed E-state index contributed by atoms with van der Waals surface area (Å²) in [5, 5.41) is 3.48. The molecule has 0 bridgehead atoms. The lowest BCUT2D eigenvalue weighted by Gasteiger charge is -2.34. The first-order chi connectivity index (χ1) is 13.4. The highest BCUT2D eigenvalue weighted by Crippen LogP contribution is 2.20. The molecule has 0 spiro atoms. The Labute approximate surface area is 166 Å². The molecule has 1 aliphatic heterocycles. The van der Waals surface area contributed by atoms with Gasteiger partial charge in [-0.15, -0.1) is 0 Å². The first-order valence-corrected chi connectivity index (χ1v) is 10.4. The summed E-state index contributed by atoms with van der Waals surface area (Å²) < 4.78 is 1.38. The van der Waals surface area contributed by atoms with Crippen molar-refractivity contribution in [3.8, 4) is 0 Å². The van der Waals surface area contributed by atoms with Gasteiger partial charge in [-0.2, -0.15) is 0 Å². The molecule has 0 radical (unpaired) electrons. The zero-order valence-electron chi connectivity index (χ0n) is 17.3. The minimum absolute atomic E-state index is 0.0108. The number of likely N-dealkylation sites (tertiary alicyclic amines) is 1. The molecule has 0 saturated carbocycles. The molecule has 1 aliphatic rings. The highest BCUT2D eigenvalue weighted by molar-refractivity contribution is 5.81. The summed E-state index contributed by atoms with van der Waals surface area (Å²) in [5.41, 5.74) is 1.49.